The summed E-state index contributed by atoms with van der Waals surface area (Å²) in [6.07, 6.45) is 2.54. The lowest BCUT2D eigenvalue weighted by Crippen LogP contribution is -2.26. The molecule has 3 heterocycles. The Labute approximate surface area is 204 Å². The summed E-state index contributed by atoms with van der Waals surface area (Å²) in [6, 6.07) is 10.3. The molecule has 0 aliphatic carbocycles. The molecule has 1 aliphatic heterocycles. The highest BCUT2D eigenvalue weighted by Crippen LogP contribution is 2.28. The third kappa shape index (κ3) is 4.95. The number of benzene rings is 2. The number of hydrogen-bond acceptors (Lipinski definition) is 7. The highest BCUT2D eigenvalue weighted by molar-refractivity contribution is 7.91. The van der Waals surface area contributed by atoms with Crippen LogP contribution in [0.1, 0.15) is 21.6 Å². The summed E-state index contributed by atoms with van der Waals surface area (Å²) in [5.41, 5.74) is 2.29. The van der Waals surface area contributed by atoms with Gasteiger partial charge in [0.2, 0.25) is 10.0 Å². The van der Waals surface area contributed by atoms with Crippen molar-refractivity contribution in [1.82, 2.24) is 20.3 Å². The summed E-state index contributed by atoms with van der Waals surface area (Å²) < 4.78 is 46.1. The van der Waals surface area contributed by atoms with Crippen LogP contribution in [0, 0.1) is 5.82 Å². The Kier molecular flexibility index (Phi) is 5.98. The fraction of sp³-hybridized carbons (Fsp3) is 0.130. The molecule has 0 spiro atoms. The predicted octanol–water partition coefficient (Wildman–Crippen LogP) is 2.30. The summed E-state index contributed by atoms with van der Waals surface area (Å²) in [6.45, 7) is 0.0959. The molecule has 0 atom stereocenters. The largest absolute Gasteiger partial charge is 0.482 e. The quantitative estimate of drug-likeness (QED) is 0.297. The van der Waals surface area contributed by atoms with Crippen molar-refractivity contribution in [2.75, 3.05) is 16.6 Å². The van der Waals surface area contributed by atoms with E-state index in [2.05, 4.69) is 30.3 Å². The molecule has 0 unspecified atom stereocenters. The number of halogens is 1. The fourth-order valence-corrected chi connectivity index (χ4v) is 4.89. The molecule has 0 bridgehead atoms. The first kappa shape index (κ1) is 23.2. The molecule has 0 saturated carbocycles. The molecule has 2 amide bonds. The van der Waals surface area contributed by atoms with Gasteiger partial charge in [0.05, 0.1) is 22.6 Å². The second-order valence-electron chi connectivity index (χ2n) is 7.99. The number of hydrogen-bond donors (Lipinski definition) is 4. The number of rotatable bonds is 7. The van der Waals surface area contributed by atoms with Crippen LogP contribution < -0.4 is 20.1 Å². The van der Waals surface area contributed by atoms with Gasteiger partial charge in [-0.15, -0.1) is 0 Å². The first-order chi connectivity index (χ1) is 17.3. The predicted molar refractivity (Wildman–Crippen MR) is 128 cm³/mol. The second-order valence-corrected chi connectivity index (χ2v) is 9.71. The molecule has 0 fully saturated rings. The topological polar surface area (TPSA) is 155 Å². The van der Waals surface area contributed by atoms with Crippen molar-refractivity contribution >= 4 is 44.2 Å². The Balaban J connectivity index is 1.30. The monoisotopic (exact) mass is 510 g/mol. The van der Waals surface area contributed by atoms with Gasteiger partial charge >= 0.3 is 0 Å². The maximum atomic E-state index is 13.1. The summed E-state index contributed by atoms with van der Waals surface area (Å²) >= 11 is 0. The van der Waals surface area contributed by atoms with Crippen molar-refractivity contribution in [3.05, 3.63) is 77.6 Å². The zero-order chi connectivity index (χ0) is 25.3. The van der Waals surface area contributed by atoms with Crippen molar-refractivity contribution in [3.8, 4) is 5.75 Å². The van der Waals surface area contributed by atoms with Crippen LogP contribution in [-0.2, 0) is 27.1 Å². The molecular weight excluding hydrogens is 491 g/mol. The van der Waals surface area contributed by atoms with E-state index in [4.69, 9.17) is 4.74 Å². The van der Waals surface area contributed by atoms with Gasteiger partial charge in [0.1, 0.15) is 23.4 Å². The smallest absolute Gasteiger partial charge is 0.272 e. The van der Waals surface area contributed by atoms with Gasteiger partial charge in [-0.05, 0) is 35.4 Å². The third-order valence-corrected chi connectivity index (χ3v) is 6.59. The van der Waals surface area contributed by atoms with Gasteiger partial charge < -0.3 is 20.4 Å². The molecule has 2 aromatic heterocycles. The number of carbonyl (C=O) groups is 2. The molecule has 4 N–H and O–H groups in total. The summed E-state index contributed by atoms with van der Waals surface area (Å²) in [7, 11) is -3.85. The number of H-pyrrole nitrogens is 1. The minimum absolute atomic E-state index is 0.0265. The van der Waals surface area contributed by atoms with Crippen LogP contribution in [0.25, 0.3) is 11.0 Å². The van der Waals surface area contributed by atoms with E-state index in [0.29, 0.717) is 17.0 Å². The number of anilines is 2. The van der Waals surface area contributed by atoms with Crippen molar-refractivity contribution in [3.63, 3.8) is 0 Å². The van der Waals surface area contributed by atoms with Gasteiger partial charge in [0.25, 0.3) is 11.8 Å². The maximum absolute atomic E-state index is 13.1. The van der Waals surface area contributed by atoms with Gasteiger partial charge in [0.15, 0.2) is 12.3 Å². The zero-order valence-electron chi connectivity index (χ0n) is 18.5. The van der Waals surface area contributed by atoms with Crippen molar-refractivity contribution in [2.45, 2.75) is 12.3 Å². The lowest BCUT2D eigenvalue weighted by molar-refractivity contribution is -0.118. The Morgan fingerprint density at radius 3 is 2.69 bits per heavy atom. The Hall–Kier alpha value is -4.52. The maximum Gasteiger partial charge on any atom is 0.272 e. The molecule has 4 aromatic rings. The number of nitrogens with one attached hydrogen (secondary N) is 4. The lowest BCUT2D eigenvalue weighted by Gasteiger charge is -2.18. The lowest BCUT2D eigenvalue weighted by atomic mass is 10.1. The fourth-order valence-electron chi connectivity index (χ4n) is 3.70. The van der Waals surface area contributed by atoms with E-state index < -0.39 is 21.7 Å². The molecule has 2 aromatic carbocycles. The first-order valence-corrected chi connectivity index (χ1v) is 12.3. The number of fused-ring (bicyclic) bond motifs is 2. The average Bonchev–Trinajstić information content (AvgIpc) is 3.25. The summed E-state index contributed by atoms with van der Waals surface area (Å²) in [5, 5.41) is 5.46. The minimum Gasteiger partial charge on any atom is -0.482 e. The number of aromatic amines is 1. The number of aromatic nitrogens is 3. The number of nitrogens with zero attached hydrogens (tertiary/aromatic N) is 2. The second kappa shape index (κ2) is 9.26. The standard InChI is InChI=1S/C23H19FN6O5S/c24-15-4-1-13(2-5-15)11-36(33,34)30-17-9-25-21-20(17)27-12-28-22(21)23(32)26-8-14-3-6-18-16(7-14)29-19(31)10-35-18/h1-7,9,12,25,30H,8,10-11H2,(H,26,32)(H,29,31). The van der Waals surface area contributed by atoms with Crippen molar-refractivity contribution in [2.24, 2.45) is 0 Å². The van der Waals surface area contributed by atoms with Crippen LogP contribution in [0.15, 0.2) is 55.0 Å². The molecular formula is C23H19FN6O5S. The normalized spacial score (nSPS) is 13.0. The summed E-state index contributed by atoms with van der Waals surface area (Å²) in [5.74, 6) is -1.06. The van der Waals surface area contributed by atoms with E-state index in [0.717, 1.165) is 11.9 Å². The van der Waals surface area contributed by atoms with Gasteiger partial charge in [-0.2, -0.15) is 0 Å². The Morgan fingerprint density at radius 2 is 1.89 bits per heavy atom. The molecule has 0 radical (unpaired) electrons. The molecule has 5 rings (SSSR count). The van der Waals surface area contributed by atoms with Crippen LogP contribution in [0.4, 0.5) is 15.8 Å². The van der Waals surface area contributed by atoms with Crippen LogP contribution in [0.5, 0.6) is 5.75 Å². The van der Waals surface area contributed by atoms with Crippen LogP contribution >= 0.6 is 0 Å². The van der Waals surface area contributed by atoms with E-state index >= 15 is 0 Å². The highest BCUT2D eigenvalue weighted by Gasteiger charge is 2.20. The molecule has 36 heavy (non-hydrogen) atoms. The number of amides is 2. The van der Waals surface area contributed by atoms with E-state index in [1.165, 1.54) is 30.5 Å². The minimum atomic E-state index is -3.85. The summed E-state index contributed by atoms with van der Waals surface area (Å²) in [4.78, 5) is 35.4. The average molecular weight is 511 g/mol. The van der Waals surface area contributed by atoms with E-state index in [-0.39, 0.29) is 47.2 Å². The van der Waals surface area contributed by atoms with Gasteiger partial charge in [-0.3, -0.25) is 14.3 Å². The van der Waals surface area contributed by atoms with Crippen molar-refractivity contribution in [1.29, 1.82) is 0 Å². The van der Waals surface area contributed by atoms with Gasteiger partial charge in [0, 0.05) is 12.7 Å². The number of carbonyl (C=O) groups excluding carboxylic acids is 2. The van der Waals surface area contributed by atoms with Crippen molar-refractivity contribution < 1.29 is 27.1 Å². The van der Waals surface area contributed by atoms with E-state index in [9.17, 15) is 22.4 Å². The number of ether oxygens (including phenoxy) is 1. The third-order valence-electron chi connectivity index (χ3n) is 5.34. The van der Waals surface area contributed by atoms with Crippen LogP contribution in [-0.4, -0.2) is 41.8 Å². The SMILES string of the molecule is O=C1COc2ccc(CNC(=O)c3ncnc4c(NS(=O)(=O)Cc5ccc(F)cc5)c[nH]c34)cc2N1. The number of sulfonamides is 1. The Morgan fingerprint density at radius 1 is 1.11 bits per heavy atom. The molecule has 11 nitrogen and oxygen atoms in total. The van der Waals surface area contributed by atoms with E-state index in [1.807, 2.05) is 0 Å². The molecule has 0 saturated heterocycles. The first-order valence-electron chi connectivity index (χ1n) is 10.7. The Bertz CT molecular complexity index is 1590. The highest BCUT2D eigenvalue weighted by atomic mass is 32.2. The zero-order valence-corrected chi connectivity index (χ0v) is 19.4. The van der Waals surface area contributed by atoms with Crippen LogP contribution in [0.2, 0.25) is 0 Å². The molecule has 184 valence electrons. The van der Waals surface area contributed by atoms with Gasteiger partial charge in [-0.25, -0.2) is 22.8 Å². The van der Waals surface area contributed by atoms with Gasteiger partial charge in [-0.1, -0.05) is 18.2 Å². The molecule has 13 heteroatoms. The van der Waals surface area contributed by atoms with Crippen LogP contribution in [0.3, 0.4) is 0 Å². The molecule has 1 aliphatic rings. The van der Waals surface area contributed by atoms with E-state index in [1.54, 1.807) is 18.2 Å².